The van der Waals surface area contributed by atoms with Crippen molar-refractivity contribution in [3.63, 3.8) is 0 Å². The van der Waals surface area contributed by atoms with Crippen LogP contribution >= 0.6 is 11.6 Å². The highest BCUT2D eigenvalue weighted by Crippen LogP contribution is 2.25. The maximum Gasteiger partial charge on any atom is 0.325 e. The Morgan fingerprint density at radius 1 is 1.35 bits per heavy atom. The van der Waals surface area contributed by atoms with Gasteiger partial charge in [0.25, 0.3) is 0 Å². The fraction of sp³-hybridized carbons (Fsp3) is 0.462. The molecule has 0 saturated heterocycles. The summed E-state index contributed by atoms with van der Waals surface area (Å²) in [6.45, 7) is -0.00429. The molecular weight excluding hydrogens is 240 g/mol. The number of halogens is 1. The zero-order valence-electron chi connectivity index (χ0n) is 9.49. The van der Waals surface area contributed by atoms with Crippen LogP contribution in [0, 0.1) is 0 Å². The molecule has 1 aromatic carbocycles. The zero-order valence-corrected chi connectivity index (χ0v) is 10.2. The predicted octanol–water partition coefficient (Wildman–Crippen LogP) is 2.64. The molecular formula is C13H15ClO3. The van der Waals surface area contributed by atoms with Crippen molar-refractivity contribution in [2.75, 3.05) is 6.61 Å². The summed E-state index contributed by atoms with van der Waals surface area (Å²) in [5.74, 6) is -0.345. The molecule has 0 saturated carbocycles. The van der Waals surface area contributed by atoms with Crippen LogP contribution in [0.2, 0.25) is 0 Å². The second-order valence-corrected chi connectivity index (χ2v) is 4.78. The first-order valence-corrected chi connectivity index (χ1v) is 6.22. The van der Waals surface area contributed by atoms with E-state index in [-0.39, 0.29) is 6.61 Å². The number of rotatable bonds is 4. The number of carboxylic acids is 1. The Morgan fingerprint density at radius 3 is 2.76 bits per heavy atom. The molecule has 0 aromatic heterocycles. The summed E-state index contributed by atoms with van der Waals surface area (Å²) in [6.07, 6.45) is 4.67. The number of alkyl halides is 1. The summed E-state index contributed by atoms with van der Waals surface area (Å²) >= 11 is 5.58. The van der Waals surface area contributed by atoms with E-state index in [2.05, 4.69) is 6.07 Å². The van der Waals surface area contributed by atoms with Gasteiger partial charge in [-0.25, -0.2) is 0 Å². The Bertz CT molecular complexity index is 417. The molecule has 2 rings (SSSR count). The third kappa shape index (κ3) is 3.13. The highest BCUT2D eigenvalue weighted by molar-refractivity contribution is 6.29. The fourth-order valence-corrected chi connectivity index (χ4v) is 2.10. The van der Waals surface area contributed by atoms with Gasteiger partial charge < -0.3 is 9.84 Å². The summed E-state index contributed by atoms with van der Waals surface area (Å²) < 4.78 is 5.38. The topological polar surface area (TPSA) is 46.5 Å². The molecule has 3 nitrogen and oxygen atoms in total. The van der Waals surface area contributed by atoms with Crippen LogP contribution in [-0.2, 0) is 17.6 Å². The van der Waals surface area contributed by atoms with Crippen LogP contribution < -0.4 is 4.74 Å². The van der Waals surface area contributed by atoms with Crippen LogP contribution in [0.25, 0.3) is 0 Å². The second-order valence-electron chi connectivity index (χ2n) is 4.25. The van der Waals surface area contributed by atoms with Gasteiger partial charge in [-0.2, -0.15) is 0 Å². The molecule has 92 valence electrons. The lowest BCUT2D eigenvalue weighted by molar-refractivity contribution is -0.137. The smallest absolute Gasteiger partial charge is 0.325 e. The predicted molar refractivity (Wildman–Crippen MR) is 65.9 cm³/mol. The summed E-state index contributed by atoms with van der Waals surface area (Å²) in [4.78, 5) is 10.5. The third-order valence-electron chi connectivity index (χ3n) is 2.98. The Labute approximate surface area is 105 Å². The van der Waals surface area contributed by atoms with Crippen LogP contribution in [0.4, 0.5) is 0 Å². The molecule has 1 atom stereocenters. The van der Waals surface area contributed by atoms with Gasteiger partial charge in [-0.3, -0.25) is 4.79 Å². The Morgan fingerprint density at radius 2 is 2.06 bits per heavy atom. The first-order chi connectivity index (χ1) is 8.16. The van der Waals surface area contributed by atoms with Crippen molar-refractivity contribution >= 4 is 17.6 Å². The average molecular weight is 255 g/mol. The lowest BCUT2D eigenvalue weighted by atomic mass is 9.92. The van der Waals surface area contributed by atoms with E-state index in [1.54, 1.807) is 0 Å². The number of ether oxygens (including phenoxy) is 1. The number of aliphatic carboxylic acids is 1. The van der Waals surface area contributed by atoms with Crippen molar-refractivity contribution in [2.45, 2.75) is 31.1 Å². The van der Waals surface area contributed by atoms with Crippen LogP contribution in [0.1, 0.15) is 24.0 Å². The minimum absolute atomic E-state index is 0.00429. The van der Waals surface area contributed by atoms with Gasteiger partial charge in [-0.05, 0) is 48.9 Å². The highest BCUT2D eigenvalue weighted by atomic mass is 35.5. The van der Waals surface area contributed by atoms with Gasteiger partial charge in [0.1, 0.15) is 12.4 Å². The van der Waals surface area contributed by atoms with E-state index >= 15 is 0 Å². The van der Waals surface area contributed by atoms with E-state index in [1.165, 1.54) is 24.0 Å². The van der Waals surface area contributed by atoms with Crippen LogP contribution in [0.5, 0.6) is 5.75 Å². The molecule has 1 aliphatic rings. The minimum atomic E-state index is -1.05. The molecule has 0 aliphatic heterocycles. The van der Waals surface area contributed by atoms with E-state index < -0.39 is 11.3 Å². The van der Waals surface area contributed by atoms with Crippen LogP contribution in [0.15, 0.2) is 18.2 Å². The number of carbonyl (C=O) groups is 1. The van der Waals surface area contributed by atoms with Crippen LogP contribution in [-0.4, -0.2) is 23.1 Å². The maximum absolute atomic E-state index is 10.5. The number of aryl methyl sites for hydroxylation is 2. The van der Waals surface area contributed by atoms with Gasteiger partial charge in [0.05, 0.1) is 0 Å². The fourth-order valence-electron chi connectivity index (χ4n) is 2.04. The minimum Gasteiger partial charge on any atom is -0.491 e. The molecule has 4 heteroatoms. The SMILES string of the molecule is O=C(O)C(Cl)COc1ccc2c(c1)CCCC2. The van der Waals surface area contributed by atoms with Crippen molar-refractivity contribution in [3.8, 4) is 5.75 Å². The van der Waals surface area contributed by atoms with E-state index in [1.807, 2.05) is 12.1 Å². The standard InChI is InChI=1S/C13H15ClO3/c14-12(13(15)16)8-17-11-6-5-9-3-1-2-4-10(9)7-11/h5-7,12H,1-4,8H2,(H,15,16). The van der Waals surface area contributed by atoms with Crippen molar-refractivity contribution in [2.24, 2.45) is 0 Å². The van der Waals surface area contributed by atoms with Crippen LogP contribution in [0.3, 0.4) is 0 Å². The van der Waals surface area contributed by atoms with Gasteiger partial charge in [0, 0.05) is 0 Å². The molecule has 0 bridgehead atoms. The van der Waals surface area contributed by atoms with Gasteiger partial charge in [0.2, 0.25) is 0 Å². The molecule has 1 aromatic rings. The lowest BCUT2D eigenvalue weighted by Crippen LogP contribution is -2.21. The molecule has 0 fully saturated rings. The van der Waals surface area contributed by atoms with Crippen molar-refractivity contribution in [1.29, 1.82) is 0 Å². The van der Waals surface area contributed by atoms with Crippen molar-refractivity contribution in [1.82, 2.24) is 0 Å². The highest BCUT2D eigenvalue weighted by Gasteiger charge is 2.15. The van der Waals surface area contributed by atoms with Crippen molar-refractivity contribution < 1.29 is 14.6 Å². The van der Waals surface area contributed by atoms with E-state index in [9.17, 15) is 4.79 Å². The Kier molecular flexibility index (Phi) is 3.89. The zero-order chi connectivity index (χ0) is 12.3. The molecule has 0 amide bonds. The van der Waals surface area contributed by atoms with E-state index in [0.717, 1.165) is 12.8 Å². The maximum atomic E-state index is 10.5. The molecule has 1 aliphatic carbocycles. The Balaban J connectivity index is 2.00. The number of hydrogen-bond donors (Lipinski definition) is 1. The quantitative estimate of drug-likeness (QED) is 0.841. The van der Waals surface area contributed by atoms with Crippen molar-refractivity contribution in [3.05, 3.63) is 29.3 Å². The van der Waals surface area contributed by atoms with E-state index in [4.69, 9.17) is 21.4 Å². The first kappa shape index (κ1) is 12.2. The van der Waals surface area contributed by atoms with Gasteiger partial charge in [-0.1, -0.05) is 6.07 Å². The van der Waals surface area contributed by atoms with E-state index in [0.29, 0.717) is 5.75 Å². The molecule has 0 radical (unpaired) electrons. The number of benzene rings is 1. The normalized spacial score (nSPS) is 16.1. The third-order valence-corrected chi connectivity index (χ3v) is 3.30. The Hall–Kier alpha value is -1.22. The largest absolute Gasteiger partial charge is 0.491 e. The van der Waals surface area contributed by atoms with Gasteiger partial charge in [-0.15, -0.1) is 11.6 Å². The average Bonchev–Trinajstić information content (AvgIpc) is 2.35. The molecule has 1 unspecified atom stereocenters. The summed E-state index contributed by atoms with van der Waals surface area (Å²) in [7, 11) is 0. The molecule has 1 N–H and O–H groups in total. The second kappa shape index (κ2) is 5.41. The summed E-state index contributed by atoms with van der Waals surface area (Å²) in [5, 5.41) is 7.65. The first-order valence-electron chi connectivity index (χ1n) is 5.78. The molecule has 0 spiro atoms. The molecule has 0 heterocycles. The number of carboxylic acid groups (broad SMARTS) is 1. The molecule has 17 heavy (non-hydrogen) atoms. The number of fused-ring (bicyclic) bond motifs is 1. The summed E-state index contributed by atoms with van der Waals surface area (Å²) in [6, 6.07) is 5.95. The number of hydrogen-bond acceptors (Lipinski definition) is 2. The summed E-state index contributed by atoms with van der Waals surface area (Å²) in [5.41, 5.74) is 2.69. The van der Waals surface area contributed by atoms with Gasteiger partial charge in [0.15, 0.2) is 5.38 Å². The van der Waals surface area contributed by atoms with Gasteiger partial charge >= 0.3 is 5.97 Å². The lowest BCUT2D eigenvalue weighted by Gasteiger charge is -2.17. The monoisotopic (exact) mass is 254 g/mol.